The summed E-state index contributed by atoms with van der Waals surface area (Å²) in [6.45, 7) is 3.70. The molecule has 0 radical (unpaired) electrons. The molecule has 0 spiro atoms. The topological polar surface area (TPSA) is 66.0 Å². The van der Waals surface area contributed by atoms with Gasteiger partial charge >= 0.3 is 0 Å². The monoisotopic (exact) mass is 364 g/mol. The van der Waals surface area contributed by atoms with Crippen molar-refractivity contribution in [2.45, 2.75) is 31.8 Å². The Labute approximate surface area is 156 Å². The van der Waals surface area contributed by atoms with Gasteiger partial charge in [0.15, 0.2) is 5.82 Å². The lowest BCUT2D eigenvalue weighted by Crippen LogP contribution is -2.61. The third-order valence-corrected chi connectivity index (χ3v) is 5.55. The van der Waals surface area contributed by atoms with Crippen molar-refractivity contribution in [2.24, 2.45) is 0 Å². The number of aromatic nitrogens is 3. The van der Waals surface area contributed by atoms with Gasteiger partial charge < -0.3 is 15.5 Å². The van der Waals surface area contributed by atoms with E-state index in [0.717, 1.165) is 24.4 Å². The molecule has 5 heterocycles. The normalized spacial score (nSPS) is 21.6. The maximum atomic E-state index is 14.4. The maximum absolute atomic E-state index is 14.4. The van der Waals surface area contributed by atoms with E-state index in [2.05, 4.69) is 25.5 Å². The average Bonchev–Trinajstić information content (AvgIpc) is 2.72. The Morgan fingerprint density at radius 2 is 2.11 bits per heavy atom. The van der Waals surface area contributed by atoms with Gasteiger partial charge in [-0.15, -0.1) is 0 Å². The molecule has 6 nitrogen and oxygen atoms in total. The number of hydrogen-bond acceptors (Lipinski definition) is 6. The first-order valence-corrected chi connectivity index (χ1v) is 9.33. The fourth-order valence-electron chi connectivity index (χ4n) is 4.04. The van der Waals surface area contributed by atoms with Crippen molar-refractivity contribution in [3.05, 3.63) is 48.0 Å². The molecule has 2 N–H and O–H groups in total. The fraction of sp³-hybridized carbons (Fsp3) is 0.350. The van der Waals surface area contributed by atoms with Crippen molar-refractivity contribution >= 4 is 28.4 Å². The number of nitrogens with one attached hydrogen (secondary N) is 2. The number of hydrogen-bond donors (Lipinski definition) is 2. The SMILES string of the molecule is Cc1cccc(Nc2ncnc3ccc(N4C[C@@H]5CC[C@H]4CN5)nc23)c1F. The average molecular weight is 364 g/mol. The van der Waals surface area contributed by atoms with Crippen molar-refractivity contribution in [3.63, 3.8) is 0 Å². The van der Waals surface area contributed by atoms with Crippen LogP contribution in [0.25, 0.3) is 11.0 Å². The summed E-state index contributed by atoms with van der Waals surface area (Å²) in [5.41, 5.74) is 2.38. The summed E-state index contributed by atoms with van der Waals surface area (Å²) >= 11 is 0. The van der Waals surface area contributed by atoms with Crippen LogP contribution >= 0.6 is 0 Å². The molecule has 0 unspecified atom stereocenters. The molecule has 0 amide bonds. The first-order chi connectivity index (χ1) is 13.2. The zero-order valence-corrected chi connectivity index (χ0v) is 15.1. The minimum atomic E-state index is -0.278. The molecule has 27 heavy (non-hydrogen) atoms. The molecule has 0 aliphatic carbocycles. The molecule has 2 bridgehead atoms. The molecule has 6 rings (SSSR count). The first-order valence-electron chi connectivity index (χ1n) is 9.33. The largest absolute Gasteiger partial charge is 0.351 e. The Balaban J connectivity index is 1.54. The van der Waals surface area contributed by atoms with Crippen molar-refractivity contribution in [2.75, 3.05) is 23.3 Å². The van der Waals surface area contributed by atoms with Crippen molar-refractivity contribution in [3.8, 4) is 0 Å². The molecule has 138 valence electrons. The number of aryl methyl sites for hydroxylation is 1. The van der Waals surface area contributed by atoms with Gasteiger partial charge in [-0.3, -0.25) is 0 Å². The van der Waals surface area contributed by atoms with Crippen LogP contribution in [-0.2, 0) is 0 Å². The highest BCUT2D eigenvalue weighted by Gasteiger charge is 2.34. The van der Waals surface area contributed by atoms with E-state index in [1.807, 2.05) is 18.2 Å². The molecule has 3 aliphatic heterocycles. The van der Waals surface area contributed by atoms with Gasteiger partial charge in [0.05, 0.1) is 11.2 Å². The van der Waals surface area contributed by atoms with Gasteiger partial charge in [0.2, 0.25) is 0 Å². The number of piperidine rings is 2. The molecular weight excluding hydrogens is 343 g/mol. The molecule has 2 atom stereocenters. The summed E-state index contributed by atoms with van der Waals surface area (Å²) < 4.78 is 14.4. The highest BCUT2D eigenvalue weighted by atomic mass is 19.1. The number of piperazine rings is 1. The summed E-state index contributed by atoms with van der Waals surface area (Å²) in [4.78, 5) is 15.9. The molecule has 3 aromatic rings. The molecular formula is C20H21FN6. The van der Waals surface area contributed by atoms with Gasteiger partial charge in [0.25, 0.3) is 0 Å². The molecule has 7 heteroatoms. The lowest BCUT2D eigenvalue weighted by molar-refractivity contribution is 0.289. The molecule has 3 aliphatic rings. The van der Waals surface area contributed by atoms with Gasteiger partial charge in [0.1, 0.15) is 23.5 Å². The van der Waals surface area contributed by atoms with E-state index in [1.54, 1.807) is 19.1 Å². The van der Waals surface area contributed by atoms with Crippen LogP contribution in [0.4, 0.5) is 21.7 Å². The van der Waals surface area contributed by atoms with E-state index in [1.165, 1.54) is 19.2 Å². The minimum Gasteiger partial charge on any atom is -0.351 e. The van der Waals surface area contributed by atoms with E-state index < -0.39 is 0 Å². The third kappa shape index (κ3) is 2.88. The second-order valence-electron chi connectivity index (χ2n) is 7.31. The molecule has 0 saturated carbocycles. The van der Waals surface area contributed by atoms with Gasteiger partial charge in [0, 0.05) is 25.2 Å². The van der Waals surface area contributed by atoms with E-state index in [0.29, 0.717) is 34.7 Å². The lowest BCUT2D eigenvalue weighted by Gasteiger charge is -2.46. The summed E-state index contributed by atoms with van der Waals surface area (Å²) in [6, 6.07) is 10.2. The van der Waals surface area contributed by atoms with E-state index >= 15 is 0 Å². The number of halogens is 1. The Morgan fingerprint density at radius 1 is 1.19 bits per heavy atom. The molecule has 1 aromatic carbocycles. The van der Waals surface area contributed by atoms with Gasteiger partial charge in [-0.2, -0.15) is 0 Å². The number of rotatable bonds is 3. The highest BCUT2D eigenvalue weighted by Crippen LogP contribution is 2.30. The van der Waals surface area contributed by atoms with Gasteiger partial charge in [-0.1, -0.05) is 12.1 Å². The van der Waals surface area contributed by atoms with Crippen molar-refractivity contribution in [1.29, 1.82) is 0 Å². The first kappa shape index (κ1) is 16.4. The predicted molar refractivity (Wildman–Crippen MR) is 104 cm³/mol. The third-order valence-electron chi connectivity index (χ3n) is 5.55. The highest BCUT2D eigenvalue weighted by molar-refractivity contribution is 5.88. The summed E-state index contributed by atoms with van der Waals surface area (Å²) in [5, 5.41) is 6.66. The Kier molecular flexibility index (Phi) is 3.89. The fourth-order valence-corrected chi connectivity index (χ4v) is 4.04. The van der Waals surface area contributed by atoms with Crippen LogP contribution in [-0.4, -0.2) is 40.1 Å². The van der Waals surface area contributed by atoms with Gasteiger partial charge in [-0.25, -0.2) is 19.3 Å². The van der Waals surface area contributed by atoms with E-state index in [4.69, 9.17) is 4.98 Å². The quantitative estimate of drug-likeness (QED) is 0.744. The lowest BCUT2D eigenvalue weighted by atomic mass is 9.93. The summed E-state index contributed by atoms with van der Waals surface area (Å²) in [6.07, 6.45) is 3.88. The Hall–Kier alpha value is -2.80. The molecule has 2 aromatic heterocycles. The zero-order valence-electron chi connectivity index (χ0n) is 15.1. The molecule has 3 fully saturated rings. The van der Waals surface area contributed by atoms with Crippen LogP contribution in [0.1, 0.15) is 18.4 Å². The standard InChI is InChI=1S/C20H21FN6/c1-12-3-2-4-15(18(12)21)25-20-19-16(23-11-24-20)7-8-17(26-19)27-10-13-5-6-14(27)9-22-13/h2-4,7-8,11,13-14,22H,5-6,9-10H2,1H3,(H,23,24,25)/t13-,14-/m0/s1. The summed E-state index contributed by atoms with van der Waals surface area (Å²) in [5.74, 6) is 1.17. The number of anilines is 3. The van der Waals surface area contributed by atoms with Gasteiger partial charge in [-0.05, 0) is 43.5 Å². The minimum absolute atomic E-state index is 0.278. The van der Waals surface area contributed by atoms with Crippen LogP contribution in [0.2, 0.25) is 0 Å². The molecule has 3 saturated heterocycles. The van der Waals surface area contributed by atoms with Crippen molar-refractivity contribution < 1.29 is 4.39 Å². The smallest absolute Gasteiger partial charge is 0.160 e. The van der Waals surface area contributed by atoms with Crippen LogP contribution in [0, 0.1) is 12.7 Å². The van der Waals surface area contributed by atoms with Crippen LogP contribution < -0.4 is 15.5 Å². The van der Waals surface area contributed by atoms with Crippen LogP contribution in [0.3, 0.4) is 0 Å². The van der Waals surface area contributed by atoms with E-state index in [9.17, 15) is 4.39 Å². The predicted octanol–water partition coefficient (Wildman–Crippen LogP) is 3.16. The zero-order chi connectivity index (χ0) is 18.4. The van der Waals surface area contributed by atoms with Crippen molar-refractivity contribution in [1.82, 2.24) is 20.3 Å². The maximum Gasteiger partial charge on any atom is 0.160 e. The van der Waals surface area contributed by atoms with Crippen LogP contribution in [0.5, 0.6) is 0 Å². The number of pyridine rings is 1. The second-order valence-corrected chi connectivity index (χ2v) is 7.31. The number of benzene rings is 1. The van der Waals surface area contributed by atoms with Crippen LogP contribution in [0.15, 0.2) is 36.7 Å². The number of fused-ring (bicyclic) bond motifs is 4. The Bertz CT molecular complexity index is 999. The second kappa shape index (κ2) is 6.42. The summed E-state index contributed by atoms with van der Waals surface area (Å²) in [7, 11) is 0. The van der Waals surface area contributed by atoms with E-state index in [-0.39, 0.29) is 5.82 Å². The number of nitrogens with zero attached hydrogens (tertiary/aromatic N) is 4. The Morgan fingerprint density at radius 3 is 2.89 bits per heavy atom.